The van der Waals surface area contributed by atoms with Crippen molar-refractivity contribution in [2.24, 2.45) is 0 Å². The number of methoxy groups -OCH3 is 1. The van der Waals surface area contributed by atoms with Crippen molar-refractivity contribution in [1.29, 1.82) is 0 Å². The summed E-state index contributed by atoms with van der Waals surface area (Å²) in [5.74, 6) is 0.0759. The van der Waals surface area contributed by atoms with Crippen LogP contribution in [0.4, 0.5) is 11.4 Å². The van der Waals surface area contributed by atoms with E-state index >= 15 is 0 Å². The highest BCUT2D eigenvalue weighted by molar-refractivity contribution is 7.92. The van der Waals surface area contributed by atoms with Crippen molar-refractivity contribution in [3.8, 4) is 5.75 Å². The number of hydrogen-bond donors (Lipinski definition) is 3. The minimum atomic E-state index is -3.85. The normalized spacial score (nSPS) is 11.1. The molecule has 0 aliphatic carbocycles. The van der Waals surface area contributed by atoms with Gasteiger partial charge >= 0.3 is 0 Å². The second kappa shape index (κ2) is 6.29. The third-order valence-corrected chi connectivity index (χ3v) is 4.72. The molecule has 0 saturated carbocycles. The van der Waals surface area contributed by atoms with Crippen LogP contribution in [0.3, 0.4) is 0 Å². The number of aromatic amines is 1. The molecule has 1 aromatic heterocycles. The van der Waals surface area contributed by atoms with E-state index in [0.717, 1.165) is 0 Å². The van der Waals surface area contributed by atoms with Gasteiger partial charge in [-0.1, -0.05) is 0 Å². The van der Waals surface area contributed by atoms with E-state index in [1.807, 2.05) is 0 Å². The molecule has 0 aliphatic rings. The average molecular weight is 338 g/mol. The summed E-state index contributed by atoms with van der Waals surface area (Å²) in [5, 5.41) is 9.12. The fourth-order valence-electron chi connectivity index (χ4n) is 2.20. The number of rotatable bonds is 5. The second-order valence-electron chi connectivity index (χ2n) is 4.96. The molecular formula is C14H18N4O4S. The van der Waals surface area contributed by atoms with Crippen molar-refractivity contribution < 1.29 is 17.9 Å². The molecule has 1 heterocycles. The first-order chi connectivity index (χ1) is 10.7. The Morgan fingerprint density at radius 3 is 2.52 bits per heavy atom. The highest BCUT2D eigenvalue weighted by Crippen LogP contribution is 2.30. The molecule has 0 saturated heterocycles. The molecule has 0 unspecified atom stereocenters. The average Bonchev–Trinajstić information content (AvgIpc) is 2.78. The van der Waals surface area contributed by atoms with Crippen LogP contribution in [0.1, 0.15) is 18.3 Å². The van der Waals surface area contributed by atoms with E-state index in [4.69, 9.17) is 4.74 Å². The van der Waals surface area contributed by atoms with Gasteiger partial charge in [0.1, 0.15) is 10.6 Å². The first-order valence-electron chi connectivity index (χ1n) is 6.74. The maximum Gasteiger partial charge on any atom is 0.265 e. The fourth-order valence-corrected chi connectivity index (χ4v) is 3.64. The second-order valence-corrected chi connectivity index (χ2v) is 6.58. The Hall–Kier alpha value is -2.55. The third-order valence-electron chi connectivity index (χ3n) is 3.09. The van der Waals surface area contributed by atoms with Crippen LogP contribution in [0.25, 0.3) is 0 Å². The molecule has 23 heavy (non-hydrogen) atoms. The monoisotopic (exact) mass is 338 g/mol. The smallest absolute Gasteiger partial charge is 0.265 e. The lowest BCUT2D eigenvalue weighted by atomic mass is 10.2. The molecule has 2 rings (SSSR count). The Labute approximate surface area is 134 Å². The highest BCUT2D eigenvalue weighted by Gasteiger charge is 2.23. The molecule has 3 N–H and O–H groups in total. The van der Waals surface area contributed by atoms with Gasteiger partial charge in [0.05, 0.1) is 24.2 Å². The number of aryl methyl sites for hydroxylation is 2. The summed E-state index contributed by atoms with van der Waals surface area (Å²) in [4.78, 5) is 11.2. The van der Waals surface area contributed by atoms with Gasteiger partial charge in [-0.3, -0.25) is 14.6 Å². The van der Waals surface area contributed by atoms with Crippen LogP contribution in [-0.4, -0.2) is 31.6 Å². The lowest BCUT2D eigenvalue weighted by molar-refractivity contribution is -0.114. The van der Waals surface area contributed by atoms with Gasteiger partial charge in [0.25, 0.3) is 10.0 Å². The summed E-state index contributed by atoms with van der Waals surface area (Å²) in [6, 6.07) is 4.67. The minimum absolute atomic E-state index is 0.0875. The van der Waals surface area contributed by atoms with Crippen molar-refractivity contribution in [2.45, 2.75) is 25.7 Å². The Morgan fingerprint density at radius 2 is 2.00 bits per heavy atom. The van der Waals surface area contributed by atoms with E-state index in [1.165, 1.54) is 20.1 Å². The number of H-pyrrole nitrogens is 1. The number of benzene rings is 1. The number of anilines is 2. The van der Waals surface area contributed by atoms with Gasteiger partial charge in [0.2, 0.25) is 5.91 Å². The summed E-state index contributed by atoms with van der Waals surface area (Å²) >= 11 is 0. The van der Waals surface area contributed by atoms with Crippen molar-refractivity contribution in [3.63, 3.8) is 0 Å². The van der Waals surface area contributed by atoms with Crippen LogP contribution in [0.15, 0.2) is 23.1 Å². The molecular weight excluding hydrogens is 320 g/mol. The molecule has 0 spiro atoms. The van der Waals surface area contributed by atoms with E-state index in [1.54, 1.807) is 26.0 Å². The van der Waals surface area contributed by atoms with Gasteiger partial charge in [-0.15, -0.1) is 0 Å². The predicted molar refractivity (Wildman–Crippen MR) is 86.2 cm³/mol. The van der Waals surface area contributed by atoms with E-state index in [-0.39, 0.29) is 16.5 Å². The Kier molecular flexibility index (Phi) is 4.60. The topological polar surface area (TPSA) is 113 Å². The molecule has 124 valence electrons. The molecule has 0 atom stereocenters. The number of carbonyl (C=O) groups is 1. The predicted octanol–water partition coefficient (Wildman–Crippen LogP) is 1.79. The number of nitrogens with zero attached hydrogens (tertiary/aromatic N) is 1. The number of sulfonamides is 1. The van der Waals surface area contributed by atoms with Crippen LogP contribution in [0.5, 0.6) is 5.75 Å². The van der Waals surface area contributed by atoms with Crippen molar-refractivity contribution in [2.75, 3.05) is 17.1 Å². The van der Waals surface area contributed by atoms with Crippen molar-refractivity contribution >= 4 is 27.3 Å². The standard InChI is InChI=1S/C14H18N4O4S/c1-8-14(9(2)17-16-8)23(20,21)18-12-7-11(15-10(3)19)5-6-13(12)22-4/h5-7,18H,1-4H3,(H,15,19)(H,16,17). The molecule has 0 bridgehead atoms. The van der Waals surface area contributed by atoms with E-state index < -0.39 is 10.0 Å². The van der Waals surface area contributed by atoms with Crippen LogP contribution < -0.4 is 14.8 Å². The summed E-state index contributed by atoms with van der Waals surface area (Å²) in [5.41, 5.74) is 1.48. The van der Waals surface area contributed by atoms with E-state index in [0.29, 0.717) is 22.8 Å². The first-order valence-corrected chi connectivity index (χ1v) is 8.23. The van der Waals surface area contributed by atoms with Gasteiger partial charge in [-0.05, 0) is 32.0 Å². The van der Waals surface area contributed by atoms with Crippen LogP contribution in [-0.2, 0) is 14.8 Å². The summed E-state index contributed by atoms with van der Waals surface area (Å²) in [7, 11) is -2.42. The maximum atomic E-state index is 12.6. The summed E-state index contributed by atoms with van der Waals surface area (Å²) in [6.07, 6.45) is 0. The zero-order valence-corrected chi connectivity index (χ0v) is 14.0. The first kappa shape index (κ1) is 16.8. The number of carbonyl (C=O) groups excluding carboxylic acids is 1. The molecule has 0 aliphatic heterocycles. The van der Waals surface area contributed by atoms with Crippen molar-refractivity contribution in [3.05, 3.63) is 29.6 Å². The third kappa shape index (κ3) is 3.62. The SMILES string of the molecule is COc1ccc(NC(C)=O)cc1NS(=O)(=O)c1c(C)n[nH]c1C. The fraction of sp³-hybridized carbons (Fsp3) is 0.286. The zero-order chi connectivity index (χ0) is 17.2. The van der Waals surface area contributed by atoms with Crippen LogP contribution >= 0.6 is 0 Å². The van der Waals surface area contributed by atoms with E-state index in [2.05, 4.69) is 20.2 Å². The zero-order valence-electron chi connectivity index (χ0n) is 13.2. The lowest BCUT2D eigenvalue weighted by Crippen LogP contribution is -2.15. The number of aromatic nitrogens is 2. The van der Waals surface area contributed by atoms with Crippen LogP contribution in [0.2, 0.25) is 0 Å². The lowest BCUT2D eigenvalue weighted by Gasteiger charge is -2.13. The van der Waals surface area contributed by atoms with Gasteiger partial charge in [0, 0.05) is 12.6 Å². The number of amides is 1. The van der Waals surface area contributed by atoms with Gasteiger partial charge in [-0.25, -0.2) is 8.42 Å². The molecule has 1 aromatic carbocycles. The number of hydrogen-bond acceptors (Lipinski definition) is 5. The molecule has 2 aromatic rings. The van der Waals surface area contributed by atoms with E-state index in [9.17, 15) is 13.2 Å². The summed E-state index contributed by atoms with van der Waals surface area (Å²) in [6.45, 7) is 4.59. The quantitative estimate of drug-likeness (QED) is 0.769. The molecule has 0 fully saturated rings. The molecule has 9 heteroatoms. The largest absolute Gasteiger partial charge is 0.495 e. The Bertz CT molecular complexity index is 823. The van der Waals surface area contributed by atoms with Gasteiger partial charge in [-0.2, -0.15) is 5.10 Å². The van der Waals surface area contributed by atoms with Crippen molar-refractivity contribution in [1.82, 2.24) is 10.2 Å². The highest BCUT2D eigenvalue weighted by atomic mass is 32.2. The number of ether oxygens (including phenoxy) is 1. The number of nitrogens with one attached hydrogen (secondary N) is 3. The van der Waals surface area contributed by atoms with Crippen LogP contribution in [0, 0.1) is 13.8 Å². The van der Waals surface area contributed by atoms with Gasteiger partial charge in [0.15, 0.2) is 0 Å². The Morgan fingerprint density at radius 1 is 1.30 bits per heavy atom. The molecule has 8 nitrogen and oxygen atoms in total. The maximum absolute atomic E-state index is 12.6. The minimum Gasteiger partial charge on any atom is -0.495 e. The molecule has 0 radical (unpaired) electrons. The summed E-state index contributed by atoms with van der Waals surface area (Å²) < 4.78 is 32.8. The van der Waals surface area contributed by atoms with Gasteiger partial charge < -0.3 is 10.1 Å². The molecule has 1 amide bonds. The Balaban J connectivity index is 2.43.